The number of rotatable bonds is 13. The Morgan fingerprint density at radius 1 is 1.11 bits per heavy atom. The quantitative estimate of drug-likeness (QED) is 0.0997. The van der Waals surface area contributed by atoms with Crippen molar-refractivity contribution in [1.29, 1.82) is 0 Å². The molecule has 1 aliphatic carbocycles. The van der Waals surface area contributed by atoms with Crippen LogP contribution in [0.4, 0.5) is 5.82 Å². The second-order valence-electron chi connectivity index (χ2n) is 13.7. The number of fused-ring (bicyclic) bond motifs is 1. The minimum Gasteiger partial charge on any atom is -0.437 e. The highest BCUT2D eigenvalue weighted by Gasteiger charge is 2.53. The monoisotopic (exact) mass is 677 g/mol. The number of thioether (sulfide) groups is 1. The second-order valence-corrected chi connectivity index (χ2v) is 24.0. The molecule has 44 heavy (non-hydrogen) atoms. The molecule has 0 radical (unpaired) electrons. The van der Waals surface area contributed by atoms with Crippen LogP contribution in [0.15, 0.2) is 23.6 Å². The van der Waals surface area contributed by atoms with Crippen molar-refractivity contribution in [2.75, 3.05) is 18.2 Å². The lowest BCUT2D eigenvalue weighted by Gasteiger charge is -2.43. The molecule has 3 aromatic heterocycles. The summed E-state index contributed by atoms with van der Waals surface area (Å²) in [5.41, 5.74) is 2.51. The number of aromatic nitrogens is 4. The van der Waals surface area contributed by atoms with Gasteiger partial charge in [0.25, 0.3) is 0 Å². The molecule has 1 saturated carbocycles. The van der Waals surface area contributed by atoms with Gasteiger partial charge in [0.15, 0.2) is 14.2 Å². The number of hydrogen-bond donors (Lipinski definition) is 3. The van der Waals surface area contributed by atoms with Crippen molar-refractivity contribution in [2.45, 2.75) is 121 Å². The van der Waals surface area contributed by atoms with Crippen molar-refractivity contribution in [3.8, 4) is 10.6 Å². The van der Waals surface area contributed by atoms with Crippen LogP contribution in [0, 0.1) is 12.8 Å². The minimum absolute atomic E-state index is 0.253. The zero-order chi connectivity index (χ0) is 32.6. The minimum atomic E-state index is -2.65. The Morgan fingerprint density at radius 2 is 1.77 bits per heavy atom. The molecule has 0 aliphatic heterocycles. The molecule has 0 bridgehead atoms. The molecule has 0 amide bonds. The van der Waals surface area contributed by atoms with E-state index in [4.69, 9.17) is 23.5 Å². The van der Waals surface area contributed by atoms with Crippen molar-refractivity contribution < 1.29 is 18.8 Å². The van der Waals surface area contributed by atoms with E-state index in [9.17, 15) is 10.2 Å². The number of hydrogen-bond acceptors (Lipinski definition) is 11. The first-order chi connectivity index (χ1) is 20.6. The van der Waals surface area contributed by atoms with Gasteiger partial charge in [-0.25, -0.2) is 15.0 Å². The molecule has 0 spiro atoms. The summed E-state index contributed by atoms with van der Waals surface area (Å²) in [5.74, 6) is 0.334. The first-order valence-corrected chi connectivity index (χ1v) is 21.6. The molecule has 0 unspecified atom stereocenters. The molecule has 1 aliphatic rings. The van der Waals surface area contributed by atoms with E-state index in [-0.39, 0.29) is 17.0 Å². The van der Waals surface area contributed by atoms with Gasteiger partial charge in [0, 0.05) is 18.7 Å². The molecule has 3 heterocycles. The molecule has 3 N–H and O–H groups in total. The van der Waals surface area contributed by atoms with E-state index in [2.05, 4.69) is 65.7 Å². The van der Waals surface area contributed by atoms with Gasteiger partial charge in [0.1, 0.15) is 21.9 Å². The Morgan fingerprint density at radius 3 is 2.34 bits per heavy atom. The van der Waals surface area contributed by atoms with Crippen molar-refractivity contribution in [3.63, 3.8) is 0 Å². The number of aliphatic hydroxyl groups is 2. The van der Waals surface area contributed by atoms with Crippen LogP contribution in [0.25, 0.3) is 20.8 Å². The van der Waals surface area contributed by atoms with Crippen molar-refractivity contribution >= 4 is 56.7 Å². The van der Waals surface area contributed by atoms with E-state index in [0.29, 0.717) is 35.1 Å². The van der Waals surface area contributed by atoms with Gasteiger partial charge in [-0.1, -0.05) is 67.2 Å². The molecule has 0 aromatic carbocycles. The van der Waals surface area contributed by atoms with Crippen molar-refractivity contribution in [3.05, 3.63) is 24.2 Å². The molecule has 4 atom stereocenters. The normalized spacial score (nSPS) is 22.9. The predicted molar refractivity (Wildman–Crippen MR) is 187 cm³/mol. The van der Waals surface area contributed by atoms with Gasteiger partial charge in [-0.15, -0.1) is 11.3 Å². The van der Waals surface area contributed by atoms with E-state index < -0.39 is 35.3 Å². The summed E-state index contributed by atoms with van der Waals surface area (Å²) in [7, 11) is -4.21. The van der Waals surface area contributed by atoms with Crippen LogP contribution in [-0.4, -0.2) is 78.4 Å². The Labute approximate surface area is 274 Å². The maximum Gasteiger partial charge on any atom is 0.333 e. The number of nitrogens with zero attached hydrogens (tertiary/aromatic N) is 4. The Bertz CT molecular complexity index is 1370. The summed E-state index contributed by atoms with van der Waals surface area (Å²) in [6.45, 7) is 21.9. The highest BCUT2D eigenvalue weighted by atomic mass is 32.2. The molecule has 3 aromatic rings. The van der Waals surface area contributed by atoms with E-state index in [0.717, 1.165) is 26.5 Å². The third kappa shape index (κ3) is 7.09. The maximum absolute atomic E-state index is 11.7. The SMILES string of the molecule is CSc1nc(C)c(-c2nc3cnccc3s2)c(N[C@@H]2C[C@H](CO[Si](O[SiH](C(C)C)C(C)C)(C(C)C)C(C)C)[C@@H](O)[C@@]2(C)O)n1. The summed E-state index contributed by atoms with van der Waals surface area (Å²) in [5, 5.41) is 28.2. The van der Waals surface area contributed by atoms with E-state index in [1.54, 1.807) is 30.7 Å². The molecular weight excluding hydrogens is 627 g/mol. The van der Waals surface area contributed by atoms with Crippen LogP contribution >= 0.6 is 23.1 Å². The number of thiazole rings is 1. The van der Waals surface area contributed by atoms with Crippen molar-refractivity contribution in [2.24, 2.45) is 5.92 Å². The first-order valence-electron chi connectivity index (χ1n) is 15.7. The lowest BCUT2D eigenvalue weighted by atomic mass is 9.96. The zero-order valence-corrected chi connectivity index (χ0v) is 31.9. The first kappa shape index (κ1) is 35.4. The molecular formula is C31H51N5O4S2Si2. The number of nitrogens with one attached hydrogen (secondary N) is 1. The highest BCUT2D eigenvalue weighted by molar-refractivity contribution is 7.98. The Balaban J connectivity index is 1.62. The third-order valence-electron chi connectivity index (χ3n) is 9.02. The molecule has 0 saturated heterocycles. The lowest BCUT2D eigenvalue weighted by molar-refractivity contribution is -0.0648. The smallest absolute Gasteiger partial charge is 0.333 e. The highest BCUT2D eigenvalue weighted by Crippen LogP contribution is 2.43. The van der Waals surface area contributed by atoms with E-state index in [1.165, 1.54) is 11.8 Å². The van der Waals surface area contributed by atoms with Gasteiger partial charge >= 0.3 is 8.56 Å². The second kappa shape index (κ2) is 14.1. The molecule has 13 heteroatoms. The average molecular weight is 678 g/mol. The Hall–Kier alpha value is -1.46. The van der Waals surface area contributed by atoms with Gasteiger partial charge in [-0.3, -0.25) is 4.98 Å². The third-order valence-corrected chi connectivity index (χ3v) is 19.7. The topological polar surface area (TPSA) is 123 Å². The number of anilines is 1. The van der Waals surface area contributed by atoms with Crippen LogP contribution in [0.2, 0.25) is 22.2 Å². The zero-order valence-electron chi connectivity index (χ0n) is 28.1. The van der Waals surface area contributed by atoms with Crippen LogP contribution < -0.4 is 5.32 Å². The lowest BCUT2D eigenvalue weighted by Crippen LogP contribution is -2.54. The van der Waals surface area contributed by atoms with Gasteiger partial charge in [-0.05, 0) is 54.8 Å². The largest absolute Gasteiger partial charge is 0.437 e. The van der Waals surface area contributed by atoms with Crippen LogP contribution in [-0.2, 0) is 8.54 Å². The van der Waals surface area contributed by atoms with Crippen LogP contribution in [0.1, 0.15) is 74.4 Å². The van der Waals surface area contributed by atoms with Gasteiger partial charge in [0.2, 0.25) is 0 Å². The fourth-order valence-electron chi connectivity index (χ4n) is 6.57. The summed E-state index contributed by atoms with van der Waals surface area (Å²) in [6, 6.07) is 1.49. The van der Waals surface area contributed by atoms with Crippen LogP contribution in [0.3, 0.4) is 0 Å². The summed E-state index contributed by atoms with van der Waals surface area (Å²) in [6.07, 6.45) is 5.00. The van der Waals surface area contributed by atoms with Gasteiger partial charge < -0.3 is 24.1 Å². The van der Waals surface area contributed by atoms with Crippen molar-refractivity contribution in [1.82, 2.24) is 19.9 Å². The Kier molecular flexibility index (Phi) is 11.4. The fraction of sp³-hybridized carbons (Fsp3) is 0.677. The standard InChI is InChI=1S/C31H51N5O4S2Si2/c1-17(2)43(18(3)4)40-44(19(5)6,20(7)8)39-16-22-14-25(31(10,38)27(22)37)35-28-26(21(9)33-30(36-28)41-11)29-34-23-15-32-13-12-24(23)42-29/h12-13,15,17-20,22,25,27,37-38,43H,14,16H2,1-11H3,(H,33,35,36)/t22-,25-,27-,31+/m1/s1. The summed E-state index contributed by atoms with van der Waals surface area (Å²) in [4.78, 5) is 18.6. The summed E-state index contributed by atoms with van der Waals surface area (Å²) >= 11 is 3.02. The molecule has 9 nitrogen and oxygen atoms in total. The predicted octanol–water partition coefficient (Wildman–Crippen LogP) is 6.93. The van der Waals surface area contributed by atoms with Gasteiger partial charge in [0.05, 0.1) is 34.3 Å². The fourth-order valence-corrected chi connectivity index (χ4v) is 18.4. The number of aryl methyl sites for hydroxylation is 1. The van der Waals surface area contributed by atoms with E-state index >= 15 is 0 Å². The summed E-state index contributed by atoms with van der Waals surface area (Å²) < 4.78 is 15.1. The number of pyridine rings is 1. The molecule has 244 valence electrons. The average Bonchev–Trinajstić information content (AvgIpc) is 3.46. The van der Waals surface area contributed by atoms with E-state index in [1.807, 2.05) is 19.2 Å². The maximum atomic E-state index is 11.7. The molecule has 4 rings (SSSR count). The van der Waals surface area contributed by atoms with Gasteiger partial charge in [-0.2, -0.15) is 0 Å². The number of aliphatic hydroxyl groups excluding tert-OH is 1. The molecule has 1 fully saturated rings. The van der Waals surface area contributed by atoms with Crippen LogP contribution in [0.5, 0.6) is 0 Å².